The molecule has 0 amide bonds. The van der Waals surface area contributed by atoms with Crippen LogP contribution in [0.4, 0.5) is 5.95 Å². The third-order valence-corrected chi connectivity index (χ3v) is 2.78. The van der Waals surface area contributed by atoms with Crippen LogP contribution in [0, 0.1) is 0 Å². The lowest BCUT2D eigenvalue weighted by Crippen LogP contribution is -2.07. The van der Waals surface area contributed by atoms with Gasteiger partial charge in [0.05, 0.1) is 6.61 Å². The Morgan fingerprint density at radius 2 is 2.44 bits per heavy atom. The number of carbonyl (C=O) groups excluding carboxylic acids is 1. The van der Waals surface area contributed by atoms with Gasteiger partial charge in [0.15, 0.2) is 5.69 Å². The number of nitrogens with zero attached hydrogens (tertiary/aromatic N) is 3. The molecule has 1 fully saturated rings. The average molecular weight is 246 g/mol. The highest BCUT2D eigenvalue weighted by molar-refractivity contribution is 5.88. The first kappa shape index (κ1) is 11.0. The molecule has 6 nitrogen and oxygen atoms in total. The van der Waals surface area contributed by atoms with Gasteiger partial charge in [0.2, 0.25) is 5.95 Å². The van der Waals surface area contributed by atoms with Crippen LogP contribution in [0.5, 0.6) is 0 Å². The average Bonchev–Trinajstić information content (AvgIpc) is 3.06. The minimum Gasteiger partial charge on any atom is -0.461 e. The number of fused-ring (bicyclic) bond motifs is 1. The van der Waals surface area contributed by atoms with Gasteiger partial charge < -0.3 is 10.1 Å². The molecule has 2 heterocycles. The summed E-state index contributed by atoms with van der Waals surface area (Å²) >= 11 is 0. The summed E-state index contributed by atoms with van der Waals surface area (Å²) < 4.78 is 6.72. The zero-order valence-electron chi connectivity index (χ0n) is 10.1. The van der Waals surface area contributed by atoms with Crippen molar-refractivity contribution < 1.29 is 9.53 Å². The Balaban J connectivity index is 1.96. The fraction of sp³-hybridized carbons (Fsp3) is 0.417. The Bertz CT molecular complexity index is 589. The lowest BCUT2D eigenvalue weighted by Gasteiger charge is -2.04. The number of carbonyl (C=O) groups is 1. The Hall–Kier alpha value is -2.11. The van der Waals surface area contributed by atoms with Crippen molar-refractivity contribution in [2.75, 3.05) is 11.9 Å². The molecule has 1 aliphatic rings. The number of anilines is 1. The minimum atomic E-state index is -0.404. The van der Waals surface area contributed by atoms with Crippen molar-refractivity contribution in [3.63, 3.8) is 0 Å². The molecule has 2 aromatic rings. The van der Waals surface area contributed by atoms with E-state index in [1.807, 2.05) is 0 Å². The predicted octanol–water partition coefficient (Wildman–Crippen LogP) is 1.48. The molecule has 0 bridgehead atoms. The zero-order valence-corrected chi connectivity index (χ0v) is 10.1. The summed E-state index contributed by atoms with van der Waals surface area (Å²) in [6.45, 7) is 2.12. The van der Waals surface area contributed by atoms with Gasteiger partial charge in [-0.25, -0.2) is 14.8 Å². The van der Waals surface area contributed by atoms with E-state index in [2.05, 4.69) is 15.3 Å². The molecule has 0 atom stereocenters. The number of ether oxygens (including phenoxy) is 1. The number of hydrogen-bond acceptors (Lipinski definition) is 5. The molecule has 6 heteroatoms. The number of rotatable bonds is 4. The van der Waals surface area contributed by atoms with Crippen LogP contribution in [0.2, 0.25) is 0 Å². The van der Waals surface area contributed by atoms with E-state index in [1.165, 1.54) is 0 Å². The molecule has 1 aliphatic carbocycles. The molecule has 1 saturated carbocycles. The molecule has 0 unspecified atom stereocenters. The SMILES string of the molecule is CCOC(=O)c1cn2c(NC3CC3)nccc2n1. The van der Waals surface area contributed by atoms with Gasteiger partial charge in [-0.2, -0.15) is 0 Å². The zero-order chi connectivity index (χ0) is 12.5. The van der Waals surface area contributed by atoms with Crippen molar-refractivity contribution in [1.82, 2.24) is 14.4 Å². The highest BCUT2D eigenvalue weighted by atomic mass is 16.5. The van der Waals surface area contributed by atoms with Crippen LogP contribution < -0.4 is 5.32 Å². The summed E-state index contributed by atoms with van der Waals surface area (Å²) in [6, 6.07) is 2.26. The van der Waals surface area contributed by atoms with Crippen LogP contribution in [0.25, 0.3) is 5.65 Å². The Labute approximate surface area is 104 Å². The Kier molecular flexibility index (Phi) is 2.62. The van der Waals surface area contributed by atoms with E-state index in [9.17, 15) is 4.79 Å². The molecular formula is C12H14N4O2. The quantitative estimate of drug-likeness (QED) is 0.827. The maximum absolute atomic E-state index is 11.6. The fourth-order valence-corrected chi connectivity index (χ4v) is 1.74. The lowest BCUT2D eigenvalue weighted by atomic mass is 10.5. The van der Waals surface area contributed by atoms with E-state index < -0.39 is 5.97 Å². The van der Waals surface area contributed by atoms with E-state index in [0.717, 1.165) is 18.8 Å². The van der Waals surface area contributed by atoms with Gasteiger partial charge in [0.1, 0.15) is 5.65 Å². The summed E-state index contributed by atoms with van der Waals surface area (Å²) in [4.78, 5) is 20.1. The van der Waals surface area contributed by atoms with Gasteiger partial charge in [-0.15, -0.1) is 0 Å². The molecule has 0 aliphatic heterocycles. The minimum absolute atomic E-state index is 0.309. The molecule has 0 saturated heterocycles. The second-order valence-electron chi connectivity index (χ2n) is 4.26. The van der Waals surface area contributed by atoms with Crippen LogP contribution in [0.3, 0.4) is 0 Å². The van der Waals surface area contributed by atoms with E-state index in [0.29, 0.717) is 24.0 Å². The van der Waals surface area contributed by atoms with Crippen molar-refractivity contribution in [2.45, 2.75) is 25.8 Å². The number of esters is 1. The van der Waals surface area contributed by atoms with Gasteiger partial charge in [-0.3, -0.25) is 4.40 Å². The standard InChI is InChI=1S/C12H14N4O2/c1-2-18-11(17)9-7-16-10(15-9)5-6-13-12(16)14-8-3-4-8/h5-8H,2-4H2,1H3,(H,13,14). The van der Waals surface area contributed by atoms with Crippen molar-refractivity contribution in [3.8, 4) is 0 Å². The number of aromatic nitrogens is 3. The van der Waals surface area contributed by atoms with Crippen molar-refractivity contribution >= 4 is 17.6 Å². The monoisotopic (exact) mass is 246 g/mol. The smallest absolute Gasteiger partial charge is 0.358 e. The van der Waals surface area contributed by atoms with Crippen LogP contribution in [0.15, 0.2) is 18.5 Å². The molecule has 18 heavy (non-hydrogen) atoms. The van der Waals surface area contributed by atoms with Crippen molar-refractivity contribution in [3.05, 3.63) is 24.2 Å². The summed E-state index contributed by atoms with van der Waals surface area (Å²) in [5, 5.41) is 3.30. The normalized spacial score (nSPS) is 14.7. The van der Waals surface area contributed by atoms with Gasteiger partial charge in [0.25, 0.3) is 0 Å². The molecular weight excluding hydrogens is 232 g/mol. The summed E-state index contributed by atoms with van der Waals surface area (Å²) in [6.07, 6.45) is 5.67. The third-order valence-electron chi connectivity index (χ3n) is 2.78. The van der Waals surface area contributed by atoms with Crippen molar-refractivity contribution in [1.29, 1.82) is 0 Å². The van der Waals surface area contributed by atoms with E-state index in [1.54, 1.807) is 29.8 Å². The maximum atomic E-state index is 11.6. The Morgan fingerprint density at radius 1 is 1.61 bits per heavy atom. The van der Waals surface area contributed by atoms with E-state index >= 15 is 0 Å². The first-order valence-corrected chi connectivity index (χ1v) is 6.05. The summed E-state index contributed by atoms with van der Waals surface area (Å²) in [5.41, 5.74) is 1.000. The second kappa shape index (κ2) is 4.29. The Morgan fingerprint density at radius 3 is 3.17 bits per heavy atom. The second-order valence-corrected chi connectivity index (χ2v) is 4.26. The number of hydrogen-bond donors (Lipinski definition) is 1. The van der Waals surface area contributed by atoms with Crippen molar-refractivity contribution in [2.24, 2.45) is 0 Å². The van der Waals surface area contributed by atoms with Gasteiger partial charge in [0, 0.05) is 18.4 Å². The predicted molar refractivity (Wildman–Crippen MR) is 65.6 cm³/mol. The molecule has 0 aromatic carbocycles. The van der Waals surface area contributed by atoms with Crippen LogP contribution in [-0.2, 0) is 4.74 Å². The molecule has 3 rings (SSSR count). The molecule has 1 N–H and O–H groups in total. The summed E-state index contributed by atoms with van der Waals surface area (Å²) in [5.74, 6) is 0.316. The third kappa shape index (κ3) is 2.01. The van der Waals surface area contributed by atoms with Crippen LogP contribution >= 0.6 is 0 Å². The number of nitrogens with one attached hydrogen (secondary N) is 1. The first-order chi connectivity index (χ1) is 8.78. The maximum Gasteiger partial charge on any atom is 0.358 e. The molecule has 2 aromatic heterocycles. The van der Waals surface area contributed by atoms with E-state index in [4.69, 9.17) is 4.74 Å². The van der Waals surface area contributed by atoms with Crippen LogP contribution in [0.1, 0.15) is 30.3 Å². The fourth-order valence-electron chi connectivity index (χ4n) is 1.74. The largest absolute Gasteiger partial charge is 0.461 e. The summed E-state index contributed by atoms with van der Waals surface area (Å²) in [7, 11) is 0. The van der Waals surface area contributed by atoms with E-state index in [-0.39, 0.29) is 0 Å². The lowest BCUT2D eigenvalue weighted by molar-refractivity contribution is 0.0520. The van der Waals surface area contributed by atoms with Crippen LogP contribution in [-0.4, -0.2) is 33.0 Å². The number of imidazole rings is 1. The van der Waals surface area contributed by atoms with Gasteiger partial charge in [-0.1, -0.05) is 0 Å². The molecule has 0 radical (unpaired) electrons. The highest BCUT2D eigenvalue weighted by Gasteiger charge is 2.23. The molecule has 0 spiro atoms. The van der Waals surface area contributed by atoms with Gasteiger partial charge in [-0.05, 0) is 25.8 Å². The van der Waals surface area contributed by atoms with Gasteiger partial charge >= 0.3 is 5.97 Å². The highest BCUT2D eigenvalue weighted by Crippen LogP contribution is 2.24. The first-order valence-electron chi connectivity index (χ1n) is 6.05. The topological polar surface area (TPSA) is 68.5 Å². The molecule has 94 valence electrons.